The molecule has 0 fully saturated rings. The van der Waals surface area contributed by atoms with Crippen LogP contribution in [0.3, 0.4) is 0 Å². The van der Waals surface area contributed by atoms with Gasteiger partial charge in [-0.3, -0.25) is 0 Å². The van der Waals surface area contributed by atoms with Gasteiger partial charge in [0.2, 0.25) is 0 Å². The van der Waals surface area contributed by atoms with Gasteiger partial charge in [-0.05, 0) is 19.5 Å². The Bertz CT molecular complexity index is 44.3. The minimum Gasteiger partial charge on any atom is -0.331 e. The second-order valence-corrected chi connectivity index (χ2v) is 2.15. The van der Waals surface area contributed by atoms with Crippen molar-refractivity contribution >= 4 is 7.28 Å². The molecule has 2 nitrogen and oxygen atoms in total. The van der Waals surface area contributed by atoms with Gasteiger partial charge >= 0.3 is 0 Å². The van der Waals surface area contributed by atoms with E-state index in [1.807, 2.05) is 0 Å². The molecule has 0 aromatic heterocycles. The van der Waals surface area contributed by atoms with Crippen molar-refractivity contribution in [3.05, 3.63) is 0 Å². The van der Waals surface area contributed by atoms with E-state index in [2.05, 4.69) is 7.28 Å². The monoisotopic (exact) mass is 127 g/mol. The maximum Gasteiger partial charge on any atom is 0.111 e. The quantitative estimate of drug-likeness (QED) is 0.396. The maximum atomic E-state index is 5.30. The third-order valence-corrected chi connectivity index (χ3v) is 1.23. The Morgan fingerprint density at radius 3 is 2.22 bits per heavy atom. The lowest BCUT2D eigenvalue weighted by Gasteiger charge is -1.94. The highest BCUT2D eigenvalue weighted by atomic mass is 14.5. The molecule has 3 heteroatoms. The summed E-state index contributed by atoms with van der Waals surface area (Å²) in [5.74, 6) is 0. The molecule has 0 aromatic rings. The Kier molecular flexibility index (Phi) is 7.97. The molecular weight excluding hydrogens is 111 g/mol. The van der Waals surface area contributed by atoms with Crippen molar-refractivity contribution in [1.82, 2.24) is 0 Å². The van der Waals surface area contributed by atoms with E-state index in [1.165, 1.54) is 12.7 Å². The molecule has 0 aliphatic heterocycles. The van der Waals surface area contributed by atoms with Gasteiger partial charge in [-0.15, -0.1) is 0 Å². The lowest BCUT2D eigenvalue weighted by molar-refractivity contribution is 0.801. The van der Waals surface area contributed by atoms with Gasteiger partial charge in [-0.25, -0.2) is 0 Å². The van der Waals surface area contributed by atoms with Crippen LogP contribution in [0.15, 0.2) is 0 Å². The normalized spacial score (nSPS) is 9.56. The van der Waals surface area contributed by atoms with Gasteiger partial charge in [-0.2, -0.15) is 0 Å². The number of unbranched alkanes of at least 4 members (excludes halogenated alkanes) is 1. The zero-order valence-electron chi connectivity index (χ0n) is 5.97. The summed E-state index contributed by atoms with van der Waals surface area (Å²) < 4.78 is 0. The highest BCUT2D eigenvalue weighted by Crippen LogP contribution is 1.94. The molecule has 9 heavy (non-hydrogen) atoms. The molecule has 4 N–H and O–H groups in total. The first-order valence-corrected chi connectivity index (χ1v) is 3.63. The molecule has 0 aliphatic carbocycles. The molecule has 0 spiro atoms. The van der Waals surface area contributed by atoms with Crippen molar-refractivity contribution in [1.29, 1.82) is 0 Å². The van der Waals surface area contributed by atoms with Gasteiger partial charge in [0.15, 0.2) is 0 Å². The smallest absolute Gasteiger partial charge is 0.111 e. The van der Waals surface area contributed by atoms with Gasteiger partial charge in [0, 0.05) is 0 Å². The summed E-state index contributed by atoms with van der Waals surface area (Å²) in [6, 6.07) is 0. The first kappa shape index (κ1) is 8.98. The van der Waals surface area contributed by atoms with Crippen LogP contribution in [0.25, 0.3) is 0 Å². The van der Waals surface area contributed by atoms with E-state index in [-0.39, 0.29) is 0 Å². The molecule has 0 amide bonds. The Balaban J connectivity index is 2.60. The van der Waals surface area contributed by atoms with E-state index in [9.17, 15) is 0 Å². The van der Waals surface area contributed by atoms with E-state index in [0.717, 1.165) is 25.8 Å². The summed E-state index contributed by atoms with van der Waals surface area (Å²) in [4.78, 5) is 0. The van der Waals surface area contributed by atoms with Gasteiger partial charge in [-0.1, -0.05) is 19.1 Å². The molecule has 0 unspecified atom stereocenters. The lowest BCUT2D eigenvalue weighted by Crippen LogP contribution is -2.03. The van der Waals surface area contributed by atoms with E-state index >= 15 is 0 Å². The fourth-order valence-corrected chi connectivity index (χ4v) is 0.695. The van der Waals surface area contributed by atoms with E-state index in [1.54, 1.807) is 0 Å². The molecule has 0 aliphatic rings. The molecule has 0 aromatic carbocycles. The molecule has 0 rings (SSSR count). The van der Waals surface area contributed by atoms with Crippen LogP contribution in [0.2, 0.25) is 12.6 Å². The highest BCUT2D eigenvalue weighted by Gasteiger charge is 1.88. The van der Waals surface area contributed by atoms with Crippen LogP contribution in [-0.2, 0) is 0 Å². The standard InChI is InChI=1S/C6H16BN2/c8-5-2-1-3-7-4-6-9/h1-6,8-9H2. The van der Waals surface area contributed by atoms with Crippen molar-refractivity contribution in [2.24, 2.45) is 11.5 Å². The SMILES string of the molecule is NCC[B]CCCCN. The molecule has 0 atom stereocenters. The fraction of sp³-hybridized carbons (Fsp3) is 1.00. The molecule has 0 saturated carbocycles. The fourth-order valence-electron chi connectivity index (χ4n) is 0.695. The number of hydrogen-bond acceptors (Lipinski definition) is 2. The zero-order valence-corrected chi connectivity index (χ0v) is 5.97. The molecular formula is C6H16BN2. The minimum atomic E-state index is 0.780. The van der Waals surface area contributed by atoms with Crippen LogP contribution in [0.1, 0.15) is 12.8 Å². The highest BCUT2D eigenvalue weighted by molar-refractivity contribution is 6.35. The zero-order chi connectivity index (χ0) is 6.95. The summed E-state index contributed by atoms with van der Waals surface area (Å²) in [6.45, 7) is 1.60. The molecule has 1 radical (unpaired) electrons. The third-order valence-electron chi connectivity index (χ3n) is 1.23. The van der Waals surface area contributed by atoms with Gasteiger partial charge in [0.1, 0.15) is 7.28 Å². The van der Waals surface area contributed by atoms with Gasteiger partial charge in [0.05, 0.1) is 0 Å². The van der Waals surface area contributed by atoms with Crippen molar-refractivity contribution in [3.8, 4) is 0 Å². The Morgan fingerprint density at radius 1 is 0.889 bits per heavy atom. The average Bonchev–Trinajstić information content (AvgIpc) is 1.89. The van der Waals surface area contributed by atoms with Crippen molar-refractivity contribution < 1.29 is 0 Å². The molecule has 0 saturated heterocycles. The first-order valence-electron chi connectivity index (χ1n) is 3.63. The van der Waals surface area contributed by atoms with Crippen molar-refractivity contribution in [2.45, 2.75) is 25.5 Å². The van der Waals surface area contributed by atoms with Crippen molar-refractivity contribution in [2.75, 3.05) is 13.1 Å². The minimum absolute atomic E-state index is 0.780. The third kappa shape index (κ3) is 7.98. The van der Waals surface area contributed by atoms with Crippen LogP contribution in [0, 0.1) is 0 Å². The van der Waals surface area contributed by atoms with Crippen LogP contribution >= 0.6 is 0 Å². The van der Waals surface area contributed by atoms with Crippen LogP contribution in [0.5, 0.6) is 0 Å². The lowest BCUT2D eigenvalue weighted by atomic mass is 9.70. The number of nitrogens with two attached hydrogens (primary N) is 2. The Morgan fingerprint density at radius 2 is 1.67 bits per heavy atom. The van der Waals surface area contributed by atoms with Crippen LogP contribution in [0.4, 0.5) is 0 Å². The van der Waals surface area contributed by atoms with Crippen LogP contribution in [-0.4, -0.2) is 20.4 Å². The summed E-state index contributed by atoms with van der Waals surface area (Å²) >= 11 is 0. The van der Waals surface area contributed by atoms with Crippen LogP contribution < -0.4 is 11.5 Å². The predicted octanol–water partition coefficient (Wildman–Crippen LogP) is 0.225. The Hall–Kier alpha value is -0.0151. The summed E-state index contributed by atoms with van der Waals surface area (Å²) in [6.07, 6.45) is 4.58. The topological polar surface area (TPSA) is 52.0 Å². The largest absolute Gasteiger partial charge is 0.331 e. The average molecular weight is 127 g/mol. The molecule has 0 heterocycles. The van der Waals surface area contributed by atoms with E-state index in [4.69, 9.17) is 11.5 Å². The molecule has 53 valence electrons. The van der Waals surface area contributed by atoms with Gasteiger partial charge in [0.25, 0.3) is 0 Å². The van der Waals surface area contributed by atoms with Crippen molar-refractivity contribution in [3.63, 3.8) is 0 Å². The number of rotatable bonds is 6. The summed E-state index contributed by atoms with van der Waals surface area (Å²) in [5.41, 5.74) is 10.6. The second-order valence-electron chi connectivity index (χ2n) is 2.15. The first-order chi connectivity index (χ1) is 4.41. The maximum absolute atomic E-state index is 5.30. The number of hydrogen-bond donors (Lipinski definition) is 2. The van der Waals surface area contributed by atoms with E-state index < -0.39 is 0 Å². The Labute approximate surface area is 58.2 Å². The predicted molar refractivity (Wildman–Crippen MR) is 42.7 cm³/mol. The molecule has 0 bridgehead atoms. The summed E-state index contributed by atoms with van der Waals surface area (Å²) in [7, 11) is 2.23. The van der Waals surface area contributed by atoms with Gasteiger partial charge < -0.3 is 11.5 Å². The second kappa shape index (κ2) is 7.98. The summed E-state index contributed by atoms with van der Waals surface area (Å²) in [5, 5.41) is 0. The van der Waals surface area contributed by atoms with E-state index in [0.29, 0.717) is 0 Å².